The second-order valence-electron chi connectivity index (χ2n) is 4.45. The third-order valence-electron chi connectivity index (χ3n) is 3.01. The fourth-order valence-corrected chi connectivity index (χ4v) is 2.16. The quantitative estimate of drug-likeness (QED) is 0.884. The molecule has 1 aliphatic rings. The predicted octanol–water partition coefficient (Wildman–Crippen LogP) is 2.20. The number of phenolic OH excluding ortho intramolecular Hbond substituents is 1. The molecule has 1 aromatic carbocycles. The molecule has 1 unspecified atom stereocenters. The van der Waals surface area contributed by atoms with Gasteiger partial charge in [0.05, 0.1) is 12.2 Å². The first-order chi connectivity index (χ1) is 8.66. The summed E-state index contributed by atoms with van der Waals surface area (Å²) in [5.41, 5.74) is 0.246. The number of aromatic hydroxyl groups is 1. The molecule has 2 N–H and O–H groups in total. The summed E-state index contributed by atoms with van der Waals surface area (Å²) in [6.45, 7) is 2.07. The lowest BCUT2D eigenvalue weighted by Gasteiger charge is -2.22. The highest BCUT2D eigenvalue weighted by atomic mass is 35.5. The van der Waals surface area contributed by atoms with Crippen molar-refractivity contribution in [3.8, 4) is 5.75 Å². The Kier molecular flexibility index (Phi) is 4.44. The molecule has 5 heteroatoms. The topological polar surface area (TPSA) is 58.6 Å². The third kappa shape index (κ3) is 3.37. The number of halogens is 1. The van der Waals surface area contributed by atoms with Crippen LogP contribution < -0.4 is 5.32 Å². The molecule has 1 atom stereocenters. The number of amides is 1. The molecule has 0 aliphatic carbocycles. The Morgan fingerprint density at radius 3 is 3.06 bits per heavy atom. The van der Waals surface area contributed by atoms with Gasteiger partial charge in [-0.15, -0.1) is 0 Å². The fraction of sp³-hybridized carbons (Fsp3) is 0.462. The molecule has 0 aromatic heterocycles. The lowest BCUT2D eigenvalue weighted by Crippen LogP contribution is -2.33. The molecular weight excluding hydrogens is 254 g/mol. The summed E-state index contributed by atoms with van der Waals surface area (Å²) in [5, 5.41) is 12.8. The van der Waals surface area contributed by atoms with Crippen molar-refractivity contribution in [3.05, 3.63) is 28.8 Å². The highest BCUT2D eigenvalue weighted by Crippen LogP contribution is 2.22. The Bertz CT molecular complexity index is 430. The summed E-state index contributed by atoms with van der Waals surface area (Å²) in [5.74, 6) is -0.0215. The van der Waals surface area contributed by atoms with E-state index in [1.807, 2.05) is 0 Å². The first-order valence-corrected chi connectivity index (χ1v) is 6.39. The van der Waals surface area contributed by atoms with Crippen LogP contribution in [0.25, 0.3) is 0 Å². The molecule has 0 radical (unpaired) electrons. The van der Waals surface area contributed by atoms with Crippen LogP contribution in [0.4, 0.5) is 0 Å². The fourth-order valence-electron chi connectivity index (χ4n) is 2.00. The van der Waals surface area contributed by atoms with Crippen molar-refractivity contribution < 1.29 is 14.6 Å². The maximum absolute atomic E-state index is 11.9. The normalized spacial score (nSPS) is 19.5. The average Bonchev–Trinajstić information content (AvgIpc) is 2.37. The van der Waals surface area contributed by atoms with E-state index in [0.29, 0.717) is 24.1 Å². The maximum atomic E-state index is 11.9. The Morgan fingerprint density at radius 1 is 1.56 bits per heavy atom. The minimum absolute atomic E-state index is 0.0973. The van der Waals surface area contributed by atoms with Crippen LogP contribution in [0, 0.1) is 5.92 Å². The van der Waals surface area contributed by atoms with E-state index in [0.717, 1.165) is 19.4 Å². The van der Waals surface area contributed by atoms with Crippen molar-refractivity contribution in [2.45, 2.75) is 12.8 Å². The Labute approximate surface area is 111 Å². The van der Waals surface area contributed by atoms with Gasteiger partial charge in [-0.1, -0.05) is 11.6 Å². The van der Waals surface area contributed by atoms with E-state index in [4.69, 9.17) is 16.3 Å². The Balaban J connectivity index is 1.90. The number of ether oxygens (including phenoxy) is 1. The summed E-state index contributed by atoms with van der Waals surface area (Å²) in [7, 11) is 0. The molecule has 1 amide bonds. The number of phenols is 1. The summed E-state index contributed by atoms with van der Waals surface area (Å²) >= 11 is 5.71. The van der Waals surface area contributed by atoms with Gasteiger partial charge in [0.1, 0.15) is 5.75 Å². The Hall–Kier alpha value is -1.26. The summed E-state index contributed by atoms with van der Waals surface area (Å²) in [4.78, 5) is 11.9. The third-order valence-corrected chi connectivity index (χ3v) is 3.25. The summed E-state index contributed by atoms with van der Waals surface area (Å²) in [6.07, 6.45) is 2.10. The number of rotatable bonds is 3. The summed E-state index contributed by atoms with van der Waals surface area (Å²) in [6, 6.07) is 4.46. The maximum Gasteiger partial charge on any atom is 0.255 e. The van der Waals surface area contributed by atoms with Crippen molar-refractivity contribution in [2.75, 3.05) is 19.8 Å². The molecule has 0 spiro atoms. The molecule has 1 aliphatic heterocycles. The van der Waals surface area contributed by atoms with Crippen molar-refractivity contribution in [1.29, 1.82) is 0 Å². The number of hydrogen-bond donors (Lipinski definition) is 2. The lowest BCUT2D eigenvalue weighted by molar-refractivity contribution is 0.0536. The van der Waals surface area contributed by atoms with E-state index < -0.39 is 0 Å². The lowest BCUT2D eigenvalue weighted by atomic mass is 10.0. The van der Waals surface area contributed by atoms with Crippen LogP contribution >= 0.6 is 11.6 Å². The van der Waals surface area contributed by atoms with Gasteiger partial charge in [-0.2, -0.15) is 0 Å². The standard InChI is InChI=1S/C13H16ClNO3/c14-10-3-4-11(12(16)6-10)13(17)15-7-9-2-1-5-18-8-9/h3-4,6,9,16H,1-2,5,7-8H2,(H,15,17). The second kappa shape index (κ2) is 6.07. The van der Waals surface area contributed by atoms with Crippen LogP contribution in [0.15, 0.2) is 18.2 Å². The number of nitrogens with one attached hydrogen (secondary N) is 1. The van der Waals surface area contributed by atoms with Crippen LogP contribution in [0.2, 0.25) is 5.02 Å². The van der Waals surface area contributed by atoms with E-state index >= 15 is 0 Å². The number of carbonyl (C=O) groups excluding carboxylic acids is 1. The molecule has 0 bridgehead atoms. The van der Waals surface area contributed by atoms with Gasteiger partial charge in [0.25, 0.3) is 5.91 Å². The number of hydrogen-bond acceptors (Lipinski definition) is 3. The van der Waals surface area contributed by atoms with Gasteiger partial charge in [0.2, 0.25) is 0 Å². The van der Waals surface area contributed by atoms with Gasteiger partial charge in [-0.25, -0.2) is 0 Å². The average molecular weight is 270 g/mol. The molecule has 2 rings (SSSR count). The van der Waals surface area contributed by atoms with Gasteiger partial charge >= 0.3 is 0 Å². The van der Waals surface area contributed by atoms with Crippen LogP contribution in [0.3, 0.4) is 0 Å². The number of benzene rings is 1. The molecule has 1 heterocycles. The van der Waals surface area contributed by atoms with E-state index in [2.05, 4.69) is 5.32 Å². The zero-order valence-electron chi connectivity index (χ0n) is 9.99. The van der Waals surface area contributed by atoms with Gasteiger partial charge < -0.3 is 15.2 Å². The number of carbonyl (C=O) groups is 1. The van der Waals surface area contributed by atoms with Gasteiger partial charge in [-0.3, -0.25) is 4.79 Å². The van der Waals surface area contributed by atoms with Crippen LogP contribution in [0.5, 0.6) is 5.75 Å². The highest BCUT2D eigenvalue weighted by Gasteiger charge is 2.16. The van der Waals surface area contributed by atoms with Gasteiger partial charge in [-0.05, 0) is 37.0 Å². The predicted molar refractivity (Wildman–Crippen MR) is 69.0 cm³/mol. The largest absolute Gasteiger partial charge is 0.507 e. The highest BCUT2D eigenvalue weighted by molar-refractivity contribution is 6.30. The monoisotopic (exact) mass is 269 g/mol. The molecule has 1 saturated heterocycles. The molecule has 4 nitrogen and oxygen atoms in total. The molecular formula is C13H16ClNO3. The zero-order valence-corrected chi connectivity index (χ0v) is 10.7. The van der Waals surface area contributed by atoms with Gasteiger partial charge in [0, 0.05) is 18.2 Å². The van der Waals surface area contributed by atoms with E-state index in [-0.39, 0.29) is 17.2 Å². The molecule has 98 valence electrons. The first kappa shape index (κ1) is 13.2. The van der Waals surface area contributed by atoms with Crippen molar-refractivity contribution in [2.24, 2.45) is 5.92 Å². The first-order valence-electron chi connectivity index (χ1n) is 6.01. The minimum Gasteiger partial charge on any atom is -0.507 e. The van der Waals surface area contributed by atoms with E-state index in [1.54, 1.807) is 6.07 Å². The zero-order chi connectivity index (χ0) is 13.0. The van der Waals surface area contributed by atoms with Gasteiger partial charge in [0.15, 0.2) is 0 Å². The molecule has 1 aromatic rings. The van der Waals surface area contributed by atoms with Crippen LogP contribution in [-0.2, 0) is 4.74 Å². The van der Waals surface area contributed by atoms with Crippen LogP contribution in [0.1, 0.15) is 23.2 Å². The SMILES string of the molecule is O=C(NCC1CCCOC1)c1ccc(Cl)cc1O. The van der Waals surface area contributed by atoms with Crippen molar-refractivity contribution >= 4 is 17.5 Å². The molecule has 1 fully saturated rings. The van der Waals surface area contributed by atoms with Crippen LogP contribution in [-0.4, -0.2) is 30.8 Å². The second-order valence-corrected chi connectivity index (χ2v) is 4.89. The molecule has 0 saturated carbocycles. The molecule has 18 heavy (non-hydrogen) atoms. The van der Waals surface area contributed by atoms with Crippen molar-refractivity contribution in [1.82, 2.24) is 5.32 Å². The smallest absolute Gasteiger partial charge is 0.255 e. The summed E-state index contributed by atoms with van der Waals surface area (Å²) < 4.78 is 5.34. The van der Waals surface area contributed by atoms with E-state index in [1.165, 1.54) is 12.1 Å². The van der Waals surface area contributed by atoms with Crippen molar-refractivity contribution in [3.63, 3.8) is 0 Å². The van der Waals surface area contributed by atoms with E-state index in [9.17, 15) is 9.90 Å². The minimum atomic E-state index is -0.283. The Morgan fingerprint density at radius 2 is 2.39 bits per heavy atom.